The summed E-state index contributed by atoms with van der Waals surface area (Å²) in [6.45, 7) is 5.94. The molecule has 3 atom stereocenters. The highest BCUT2D eigenvalue weighted by molar-refractivity contribution is 7.89. The monoisotopic (exact) mass is 560 g/mol. The van der Waals surface area contributed by atoms with Crippen molar-refractivity contribution in [2.24, 2.45) is 0 Å². The lowest BCUT2D eigenvalue weighted by Crippen LogP contribution is -2.56. The van der Waals surface area contributed by atoms with Crippen LogP contribution in [0.5, 0.6) is 0 Å². The minimum Gasteiger partial charge on any atom is -0.337 e. The molecule has 0 N–H and O–H groups in total. The second-order valence-corrected chi connectivity index (χ2v) is 13.3. The summed E-state index contributed by atoms with van der Waals surface area (Å²) >= 11 is 6.06. The van der Waals surface area contributed by atoms with E-state index in [1.165, 1.54) is 24.2 Å². The predicted molar refractivity (Wildman–Crippen MR) is 149 cm³/mol. The SMILES string of the molecule is C[C@H](C(=O)N1CCCCC1CN1CCCC1)N1CC[C@H](N(C)S(=O)(=O)c2ccc3cc(Cl)ccc3c2)C1=O. The number of nitrogens with zero attached hydrogens (tertiary/aromatic N) is 4. The zero-order valence-electron chi connectivity index (χ0n) is 22.2. The Balaban J connectivity index is 1.28. The molecule has 3 saturated heterocycles. The number of fused-ring (bicyclic) bond motifs is 1. The van der Waals surface area contributed by atoms with Crippen LogP contribution in [0.4, 0.5) is 0 Å². The van der Waals surface area contributed by atoms with E-state index < -0.39 is 22.1 Å². The number of carbonyl (C=O) groups is 2. The summed E-state index contributed by atoms with van der Waals surface area (Å²) in [5.41, 5.74) is 0. The van der Waals surface area contributed by atoms with Gasteiger partial charge in [0.15, 0.2) is 0 Å². The largest absolute Gasteiger partial charge is 0.337 e. The molecule has 10 heteroatoms. The van der Waals surface area contributed by atoms with Gasteiger partial charge in [-0.25, -0.2) is 8.42 Å². The Bertz CT molecular complexity index is 1310. The third kappa shape index (κ3) is 5.30. The van der Waals surface area contributed by atoms with Crippen molar-refractivity contribution in [3.8, 4) is 0 Å². The first kappa shape index (κ1) is 27.4. The van der Waals surface area contributed by atoms with Crippen LogP contribution >= 0.6 is 11.6 Å². The maximum Gasteiger partial charge on any atom is 0.245 e. The van der Waals surface area contributed by atoms with Gasteiger partial charge in [-0.3, -0.25) is 9.59 Å². The molecule has 2 aromatic rings. The fourth-order valence-electron chi connectivity index (χ4n) is 6.21. The third-order valence-electron chi connectivity index (χ3n) is 8.50. The third-order valence-corrected chi connectivity index (χ3v) is 10.6. The molecule has 3 heterocycles. The van der Waals surface area contributed by atoms with Gasteiger partial charge >= 0.3 is 0 Å². The molecule has 0 aliphatic carbocycles. The molecule has 0 aromatic heterocycles. The van der Waals surface area contributed by atoms with E-state index in [1.807, 2.05) is 4.90 Å². The summed E-state index contributed by atoms with van der Waals surface area (Å²) in [5, 5.41) is 2.18. The van der Waals surface area contributed by atoms with E-state index in [1.54, 1.807) is 48.2 Å². The van der Waals surface area contributed by atoms with Gasteiger partial charge in [0.05, 0.1) is 4.90 Å². The minimum absolute atomic E-state index is 0.0263. The fraction of sp³-hybridized carbons (Fsp3) is 0.571. The maximum atomic E-state index is 13.6. The van der Waals surface area contributed by atoms with E-state index in [2.05, 4.69) is 4.90 Å². The van der Waals surface area contributed by atoms with Crippen molar-refractivity contribution in [3.63, 3.8) is 0 Å². The van der Waals surface area contributed by atoms with Gasteiger partial charge in [0, 0.05) is 37.7 Å². The molecule has 38 heavy (non-hydrogen) atoms. The quantitative estimate of drug-likeness (QED) is 0.517. The van der Waals surface area contributed by atoms with Crippen LogP contribution in [0.15, 0.2) is 41.3 Å². The molecule has 0 saturated carbocycles. The van der Waals surface area contributed by atoms with Crippen molar-refractivity contribution in [1.29, 1.82) is 0 Å². The summed E-state index contributed by atoms with van der Waals surface area (Å²) in [7, 11) is -2.46. The van der Waals surface area contributed by atoms with Crippen molar-refractivity contribution in [2.75, 3.05) is 39.8 Å². The van der Waals surface area contributed by atoms with Crippen LogP contribution in [-0.2, 0) is 19.6 Å². The van der Waals surface area contributed by atoms with Crippen molar-refractivity contribution in [2.45, 2.75) is 68.5 Å². The van der Waals surface area contributed by atoms with Gasteiger partial charge in [0.2, 0.25) is 21.8 Å². The Morgan fingerprint density at radius 1 is 1.00 bits per heavy atom. The number of piperidine rings is 1. The van der Waals surface area contributed by atoms with E-state index in [-0.39, 0.29) is 22.8 Å². The summed E-state index contributed by atoms with van der Waals surface area (Å²) in [5.74, 6) is -0.334. The summed E-state index contributed by atoms with van der Waals surface area (Å²) < 4.78 is 28.1. The lowest BCUT2D eigenvalue weighted by Gasteiger charge is -2.40. The normalized spacial score (nSPS) is 24.1. The molecular formula is C28H37ClN4O4S. The first-order chi connectivity index (χ1) is 18.2. The topological polar surface area (TPSA) is 81.2 Å². The number of carbonyl (C=O) groups excluding carboxylic acids is 2. The van der Waals surface area contributed by atoms with Crippen LogP contribution in [0.3, 0.4) is 0 Å². The Hall–Kier alpha value is -2.20. The molecule has 2 aromatic carbocycles. The Kier molecular flexibility index (Phi) is 8.01. The molecule has 2 amide bonds. The molecule has 8 nitrogen and oxygen atoms in total. The summed E-state index contributed by atoms with van der Waals surface area (Å²) in [6, 6.07) is 8.89. The number of rotatable bonds is 7. The lowest BCUT2D eigenvalue weighted by molar-refractivity contribution is -0.146. The highest BCUT2D eigenvalue weighted by atomic mass is 35.5. The Morgan fingerprint density at radius 2 is 1.68 bits per heavy atom. The van der Waals surface area contributed by atoms with Gasteiger partial charge in [-0.2, -0.15) is 4.31 Å². The number of sulfonamides is 1. The molecular weight excluding hydrogens is 524 g/mol. The summed E-state index contributed by atoms with van der Waals surface area (Å²) in [4.78, 5) is 33.2. The minimum atomic E-state index is -3.92. The van der Waals surface area contributed by atoms with Crippen LogP contribution in [0, 0.1) is 0 Å². The first-order valence-corrected chi connectivity index (χ1v) is 15.5. The van der Waals surface area contributed by atoms with E-state index in [0.717, 1.165) is 49.7 Å². The van der Waals surface area contributed by atoms with Gasteiger partial charge in [0.25, 0.3) is 0 Å². The number of halogens is 1. The highest BCUT2D eigenvalue weighted by Crippen LogP contribution is 2.29. The average Bonchev–Trinajstić information content (AvgIpc) is 3.56. The van der Waals surface area contributed by atoms with Crippen molar-refractivity contribution in [1.82, 2.24) is 19.0 Å². The molecule has 0 spiro atoms. The molecule has 3 aliphatic rings. The first-order valence-electron chi connectivity index (χ1n) is 13.7. The number of benzene rings is 2. The number of amides is 2. The van der Waals surface area contributed by atoms with Crippen molar-refractivity contribution < 1.29 is 18.0 Å². The second kappa shape index (κ2) is 11.1. The highest BCUT2D eigenvalue weighted by Gasteiger charge is 2.44. The van der Waals surface area contributed by atoms with Crippen LogP contribution in [-0.4, -0.2) is 97.1 Å². The van der Waals surface area contributed by atoms with Crippen LogP contribution in [0.2, 0.25) is 5.02 Å². The Labute approximate surface area is 230 Å². The standard InChI is InChI=1S/C28H37ClN4O4S/c1-20(27(34)33-15-4-3-7-24(33)19-31-13-5-6-14-31)32-16-12-26(28(32)35)30(2)38(36,37)25-11-9-21-17-23(29)10-8-22(21)18-25/h8-11,17-18,20,24,26H,3-7,12-16,19H2,1-2H3/t20-,24?,26+/m1/s1. The number of hydrogen-bond donors (Lipinski definition) is 0. The molecule has 206 valence electrons. The van der Waals surface area contributed by atoms with Gasteiger partial charge < -0.3 is 14.7 Å². The van der Waals surface area contributed by atoms with Crippen LogP contribution in [0.25, 0.3) is 10.8 Å². The number of likely N-dealkylation sites (tertiary alicyclic amines) is 3. The van der Waals surface area contributed by atoms with E-state index in [4.69, 9.17) is 11.6 Å². The molecule has 3 aliphatic heterocycles. The molecule has 0 bridgehead atoms. The van der Waals surface area contributed by atoms with E-state index >= 15 is 0 Å². The number of hydrogen-bond acceptors (Lipinski definition) is 5. The molecule has 5 rings (SSSR count). The smallest absolute Gasteiger partial charge is 0.245 e. The molecule has 3 fully saturated rings. The molecule has 1 unspecified atom stereocenters. The van der Waals surface area contributed by atoms with E-state index in [0.29, 0.717) is 24.5 Å². The fourth-order valence-corrected chi connectivity index (χ4v) is 7.77. The van der Waals surface area contributed by atoms with Crippen LogP contribution < -0.4 is 0 Å². The maximum absolute atomic E-state index is 13.6. The lowest BCUT2D eigenvalue weighted by atomic mass is 10.0. The van der Waals surface area contributed by atoms with Crippen LogP contribution in [0.1, 0.15) is 45.4 Å². The van der Waals surface area contributed by atoms with Gasteiger partial charge in [-0.1, -0.05) is 23.7 Å². The van der Waals surface area contributed by atoms with Gasteiger partial charge in [-0.15, -0.1) is 0 Å². The van der Waals surface area contributed by atoms with Gasteiger partial charge in [0.1, 0.15) is 12.1 Å². The van der Waals surface area contributed by atoms with Crippen molar-refractivity contribution in [3.05, 3.63) is 41.4 Å². The zero-order valence-corrected chi connectivity index (χ0v) is 23.8. The summed E-state index contributed by atoms with van der Waals surface area (Å²) in [6.07, 6.45) is 5.86. The molecule has 0 radical (unpaired) electrons. The second-order valence-electron chi connectivity index (χ2n) is 10.9. The van der Waals surface area contributed by atoms with Gasteiger partial charge in [-0.05, 0) is 93.6 Å². The predicted octanol–water partition coefficient (Wildman–Crippen LogP) is 3.58. The van der Waals surface area contributed by atoms with E-state index in [9.17, 15) is 18.0 Å². The average molecular weight is 561 g/mol. The zero-order chi connectivity index (χ0) is 27.0. The number of likely N-dealkylation sites (N-methyl/N-ethyl adjacent to an activating group) is 1. The Morgan fingerprint density at radius 3 is 2.45 bits per heavy atom. The van der Waals surface area contributed by atoms with Crippen molar-refractivity contribution >= 4 is 44.2 Å².